The molecular weight excluding hydrogens is 326 g/mol. The van der Waals surface area contributed by atoms with Gasteiger partial charge in [-0.25, -0.2) is 0 Å². The molecule has 3 nitrogen and oxygen atoms in total. The number of pyridine rings is 1. The van der Waals surface area contributed by atoms with Crippen LogP contribution in [0, 0.1) is 0 Å². The van der Waals surface area contributed by atoms with Crippen molar-refractivity contribution in [3.05, 3.63) is 40.5 Å². The first-order chi connectivity index (χ1) is 10.3. The molecule has 4 heteroatoms. The Morgan fingerprint density at radius 1 is 1.19 bits per heavy atom. The van der Waals surface area contributed by atoms with Crippen molar-refractivity contribution in [2.24, 2.45) is 0 Å². The normalized spacial score (nSPS) is 11.4. The molecule has 1 N–H and O–H groups in total. The third-order valence-electron chi connectivity index (χ3n) is 3.84. The highest BCUT2D eigenvalue weighted by molar-refractivity contribution is 9.10. The summed E-state index contributed by atoms with van der Waals surface area (Å²) in [6, 6.07) is 8.35. The van der Waals surface area contributed by atoms with E-state index >= 15 is 0 Å². The van der Waals surface area contributed by atoms with E-state index in [1.165, 1.54) is 23.9 Å². The molecule has 114 valence electrons. The highest BCUT2D eigenvalue weighted by Crippen LogP contribution is 2.24. The van der Waals surface area contributed by atoms with E-state index in [-0.39, 0.29) is 0 Å². The smallest absolute Gasteiger partial charge is 0.0758 e. The highest BCUT2D eigenvalue weighted by Gasteiger charge is 2.05. The molecule has 0 aliphatic heterocycles. The highest BCUT2D eigenvalue weighted by atomic mass is 79.9. The van der Waals surface area contributed by atoms with Crippen LogP contribution in [0.25, 0.3) is 10.9 Å². The lowest BCUT2D eigenvalue weighted by Crippen LogP contribution is -2.27. The van der Waals surface area contributed by atoms with Crippen LogP contribution in [0.4, 0.5) is 0 Å². The zero-order valence-corrected chi connectivity index (χ0v) is 14.5. The lowest BCUT2D eigenvalue weighted by atomic mass is 10.1. The minimum absolute atomic E-state index is 0.874. The number of hydrogen-bond donors (Lipinski definition) is 1. The third-order valence-corrected chi connectivity index (χ3v) is 4.53. The van der Waals surface area contributed by atoms with Gasteiger partial charge in [0.25, 0.3) is 0 Å². The van der Waals surface area contributed by atoms with Crippen LogP contribution < -0.4 is 5.32 Å². The summed E-state index contributed by atoms with van der Waals surface area (Å²) in [5, 5.41) is 4.72. The Labute approximate surface area is 135 Å². The van der Waals surface area contributed by atoms with Crippen molar-refractivity contribution in [3.8, 4) is 0 Å². The Morgan fingerprint density at radius 3 is 2.76 bits per heavy atom. The predicted octanol–water partition coefficient (Wildman–Crippen LogP) is 3.82. The number of benzene rings is 1. The first kappa shape index (κ1) is 16.4. The molecule has 0 spiro atoms. The van der Waals surface area contributed by atoms with Crippen LogP contribution in [0.3, 0.4) is 0 Å². The van der Waals surface area contributed by atoms with Gasteiger partial charge in [-0.1, -0.05) is 41.9 Å². The Morgan fingerprint density at radius 2 is 2.00 bits per heavy atom. The summed E-state index contributed by atoms with van der Waals surface area (Å²) >= 11 is 3.59. The number of fused-ring (bicyclic) bond motifs is 1. The average molecular weight is 350 g/mol. The number of rotatable bonds is 8. The maximum absolute atomic E-state index is 4.52. The van der Waals surface area contributed by atoms with E-state index in [2.05, 4.69) is 63.2 Å². The molecule has 0 saturated carbocycles. The molecule has 0 fully saturated rings. The summed E-state index contributed by atoms with van der Waals surface area (Å²) < 4.78 is 1.11. The topological polar surface area (TPSA) is 28.2 Å². The van der Waals surface area contributed by atoms with Gasteiger partial charge in [-0.3, -0.25) is 4.98 Å². The van der Waals surface area contributed by atoms with Gasteiger partial charge in [-0.05, 0) is 50.3 Å². The Balaban J connectivity index is 1.88. The molecule has 0 atom stereocenters. The third kappa shape index (κ3) is 4.50. The van der Waals surface area contributed by atoms with E-state index in [4.69, 9.17) is 0 Å². The molecule has 0 aliphatic rings. The molecule has 0 saturated heterocycles. The molecule has 0 unspecified atom stereocenters. The SMILES string of the molecule is CCN(CC)CCCNCc1ccc(Br)c2cccnc12. The lowest BCUT2D eigenvalue weighted by molar-refractivity contribution is 0.298. The van der Waals surface area contributed by atoms with Crippen molar-refractivity contribution in [1.29, 1.82) is 0 Å². The molecular formula is C17H24BrN3. The maximum atomic E-state index is 4.52. The molecule has 0 aliphatic carbocycles. The van der Waals surface area contributed by atoms with Crippen molar-refractivity contribution in [2.45, 2.75) is 26.8 Å². The summed E-state index contributed by atoms with van der Waals surface area (Å²) in [5.41, 5.74) is 2.35. The van der Waals surface area contributed by atoms with Crippen molar-refractivity contribution in [2.75, 3.05) is 26.2 Å². The summed E-state index contributed by atoms with van der Waals surface area (Å²) in [4.78, 5) is 6.97. The van der Waals surface area contributed by atoms with Gasteiger partial charge >= 0.3 is 0 Å². The molecule has 2 rings (SSSR count). The van der Waals surface area contributed by atoms with Crippen molar-refractivity contribution < 1.29 is 0 Å². The molecule has 1 heterocycles. The second kappa shape index (κ2) is 8.47. The number of nitrogens with one attached hydrogen (secondary N) is 1. The molecule has 1 aromatic heterocycles. The van der Waals surface area contributed by atoms with E-state index in [0.717, 1.165) is 36.2 Å². The fourth-order valence-corrected chi connectivity index (χ4v) is 2.98. The summed E-state index contributed by atoms with van der Waals surface area (Å²) in [6.45, 7) is 9.79. The summed E-state index contributed by atoms with van der Waals surface area (Å²) in [5.74, 6) is 0. The first-order valence-electron chi connectivity index (χ1n) is 7.71. The van der Waals surface area contributed by atoms with Gasteiger partial charge < -0.3 is 10.2 Å². The molecule has 0 amide bonds. The van der Waals surface area contributed by atoms with Gasteiger partial charge in [0.05, 0.1) is 5.52 Å². The van der Waals surface area contributed by atoms with Gasteiger partial charge in [0.15, 0.2) is 0 Å². The van der Waals surface area contributed by atoms with Crippen LogP contribution in [-0.4, -0.2) is 36.1 Å². The fourth-order valence-electron chi connectivity index (χ4n) is 2.53. The number of aromatic nitrogens is 1. The van der Waals surface area contributed by atoms with Crippen LogP contribution in [0.2, 0.25) is 0 Å². The Hall–Kier alpha value is -0.970. The minimum atomic E-state index is 0.874. The van der Waals surface area contributed by atoms with E-state index in [1.54, 1.807) is 0 Å². The van der Waals surface area contributed by atoms with Gasteiger partial charge in [0.2, 0.25) is 0 Å². The van der Waals surface area contributed by atoms with Gasteiger partial charge in [-0.15, -0.1) is 0 Å². The lowest BCUT2D eigenvalue weighted by Gasteiger charge is -2.17. The van der Waals surface area contributed by atoms with Gasteiger partial charge in [0.1, 0.15) is 0 Å². The van der Waals surface area contributed by atoms with Crippen molar-refractivity contribution >= 4 is 26.8 Å². The number of halogens is 1. The zero-order valence-electron chi connectivity index (χ0n) is 12.9. The fraction of sp³-hybridized carbons (Fsp3) is 0.471. The molecule has 0 bridgehead atoms. The minimum Gasteiger partial charge on any atom is -0.313 e. The van der Waals surface area contributed by atoms with Crippen LogP contribution in [0.5, 0.6) is 0 Å². The Bertz CT molecular complexity index is 567. The Kier molecular flexibility index (Phi) is 6.61. The standard InChI is InChI=1S/C17H24BrN3/c1-3-21(4-2)12-6-10-19-13-14-8-9-16(18)15-7-5-11-20-17(14)15/h5,7-9,11,19H,3-4,6,10,12-13H2,1-2H3. The number of nitrogens with zero attached hydrogens (tertiary/aromatic N) is 2. The molecule has 2 aromatic rings. The largest absolute Gasteiger partial charge is 0.313 e. The maximum Gasteiger partial charge on any atom is 0.0758 e. The van der Waals surface area contributed by atoms with Gasteiger partial charge in [-0.2, -0.15) is 0 Å². The van der Waals surface area contributed by atoms with Crippen LogP contribution in [0.15, 0.2) is 34.9 Å². The van der Waals surface area contributed by atoms with E-state index in [0.29, 0.717) is 0 Å². The second-order valence-corrected chi connectivity index (χ2v) is 6.02. The monoisotopic (exact) mass is 349 g/mol. The van der Waals surface area contributed by atoms with Crippen molar-refractivity contribution in [1.82, 2.24) is 15.2 Å². The van der Waals surface area contributed by atoms with Crippen LogP contribution in [0.1, 0.15) is 25.8 Å². The molecule has 0 radical (unpaired) electrons. The number of hydrogen-bond acceptors (Lipinski definition) is 3. The van der Waals surface area contributed by atoms with E-state index in [1.807, 2.05) is 12.3 Å². The zero-order chi connectivity index (χ0) is 15.1. The van der Waals surface area contributed by atoms with Gasteiger partial charge in [0, 0.05) is 22.6 Å². The average Bonchev–Trinajstić information content (AvgIpc) is 2.53. The summed E-state index contributed by atoms with van der Waals surface area (Å²) in [7, 11) is 0. The van der Waals surface area contributed by atoms with Crippen LogP contribution >= 0.6 is 15.9 Å². The van der Waals surface area contributed by atoms with E-state index < -0.39 is 0 Å². The van der Waals surface area contributed by atoms with Crippen molar-refractivity contribution in [3.63, 3.8) is 0 Å². The van der Waals surface area contributed by atoms with E-state index in [9.17, 15) is 0 Å². The summed E-state index contributed by atoms with van der Waals surface area (Å²) in [6.07, 6.45) is 3.04. The predicted molar refractivity (Wildman–Crippen MR) is 93.6 cm³/mol. The molecule has 1 aromatic carbocycles. The second-order valence-electron chi connectivity index (χ2n) is 5.16. The first-order valence-corrected chi connectivity index (χ1v) is 8.50. The quantitative estimate of drug-likeness (QED) is 0.734. The van der Waals surface area contributed by atoms with Crippen LogP contribution in [-0.2, 0) is 6.54 Å². The molecule has 21 heavy (non-hydrogen) atoms.